The van der Waals surface area contributed by atoms with Crippen LogP contribution in [0.4, 0.5) is 23.4 Å². The second-order valence-electron chi connectivity index (χ2n) is 10.0. The van der Waals surface area contributed by atoms with E-state index in [4.69, 9.17) is 0 Å². The minimum absolute atomic E-state index is 0.0198. The third kappa shape index (κ3) is 4.64. The lowest BCUT2D eigenvalue weighted by molar-refractivity contribution is 0.151. The summed E-state index contributed by atoms with van der Waals surface area (Å²) in [5, 5.41) is 3.47. The number of rotatable bonds is 5. The quantitative estimate of drug-likeness (QED) is 0.347. The van der Waals surface area contributed by atoms with Crippen LogP contribution < -0.4 is 15.9 Å². The van der Waals surface area contributed by atoms with Gasteiger partial charge in [0, 0.05) is 43.0 Å². The molecule has 204 valence electrons. The molecule has 39 heavy (non-hydrogen) atoms. The molecule has 0 radical (unpaired) electrons. The topological polar surface area (TPSA) is 75.9 Å². The van der Waals surface area contributed by atoms with E-state index in [-0.39, 0.29) is 28.8 Å². The van der Waals surface area contributed by atoms with Gasteiger partial charge < -0.3 is 10.2 Å². The summed E-state index contributed by atoms with van der Waals surface area (Å²) in [5.41, 5.74) is -0.969. The van der Waals surface area contributed by atoms with Gasteiger partial charge in [-0.2, -0.15) is 4.98 Å². The van der Waals surface area contributed by atoms with Crippen molar-refractivity contribution in [1.29, 1.82) is 0 Å². The number of halogens is 4. The van der Waals surface area contributed by atoms with Crippen LogP contribution in [0.2, 0.25) is 0 Å². The number of piperazine rings is 1. The summed E-state index contributed by atoms with van der Waals surface area (Å²) in [4.78, 5) is 28.9. The van der Waals surface area contributed by atoms with Gasteiger partial charge in [0.1, 0.15) is 17.3 Å². The molecule has 0 saturated carbocycles. The minimum atomic E-state index is -3.07. The van der Waals surface area contributed by atoms with Crippen LogP contribution in [0.5, 0.6) is 0 Å². The standard InChI is InChI=1S/C28H28F4N6O/c1-14(2)22-24(15(3)8-9-34-22)38-27-18(26(36-28(38)39)37-11-10-33-13-16(37)4)12-20(30)23(35-27)21-17(25(31)32)6-5-7-19(21)29/h5-9,12,14,16,25,33H,10-11,13H2,1-4H3/t16-/m0/s1. The highest BCUT2D eigenvalue weighted by atomic mass is 19.3. The normalized spacial score (nSPS) is 16.1. The van der Waals surface area contributed by atoms with Gasteiger partial charge in [0.25, 0.3) is 6.43 Å². The van der Waals surface area contributed by atoms with E-state index in [1.165, 1.54) is 4.57 Å². The van der Waals surface area contributed by atoms with Gasteiger partial charge in [-0.1, -0.05) is 26.0 Å². The number of aryl methyl sites for hydroxylation is 1. The number of aromatic nitrogens is 4. The molecule has 4 heterocycles. The molecule has 1 aliphatic rings. The van der Waals surface area contributed by atoms with E-state index >= 15 is 4.39 Å². The first kappa shape index (κ1) is 26.7. The molecule has 11 heteroatoms. The number of nitrogens with one attached hydrogen (secondary N) is 1. The largest absolute Gasteiger partial charge is 0.355 e. The number of hydrogen-bond donors (Lipinski definition) is 1. The van der Waals surface area contributed by atoms with Crippen LogP contribution in [-0.2, 0) is 0 Å². The Morgan fingerprint density at radius 2 is 1.87 bits per heavy atom. The summed E-state index contributed by atoms with van der Waals surface area (Å²) in [6.45, 7) is 9.31. The number of nitrogens with zero attached hydrogens (tertiary/aromatic N) is 5. The second kappa shape index (κ2) is 10.4. The van der Waals surface area contributed by atoms with E-state index in [2.05, 4.69) is 20.3 Å². The van der Waals surface area contributed by atoms with E-state index in [0.717, 1.165) is 24.3 Å². The van der Waals surface area contributed by atoms with Crippen LogP contribution in [0.25, 0.3) is 28.0 Å². The summed E-state index contributed by atoms with van der Waals surface area (Å²) in [7, 11) is 0. The first-order valence-corrected chi connectivity index (χ1v) is 12.7. The molecular formula is C28H28F4N6O. The number of benzene rings is 1. The molecule has 4 aromatic rings. The first-order chi connectivity index (χ1) is 18.6. The van der Waals surface area contributed by atoms with Gasteiger partial charge in [0.2, 0.25) is 0 Å². The Hall–Kier alpha value is -3.86. The van der Waals surface area contributed by atoms with Crippen molar-refractivity contribution in [2.45, 2.75) is 46.1 Å². The van der Waals surface area contributed by atoms with E-state index in [1.807, 2.05) is 25.7 Å². The van der Waals surface area contributed by atoms with Crippen molar-refractivity contribution < 1.29 is 17.6 Å². The number of pyridine rings is 2. The van der Waals surface area contributed by atoms with Crippen molar-refractivity contribution in [1.82, 2.24) is 24.8 Å². The van der Waals surface area contributed by atoms with Gasteiger partial charge in [-0.05, 0) is 43.5 Å². The number of fused-ring (bicyclic) bond motifs is 1. The third-order valence-electron chi connectivity index (χ3n) is 7.02. The second-order valence-corrected chi connectivity index (χ2v) is 10.0. The average Bonchev–Trinajstić information content (AvgIpc) is 2.89. The van der Waals surface area contributed by atoms with Crippen LogP contribution in [0.1, 0.15) is 49.9 Å². The van der Waals surface area contributed by atoms with Gasteiger partial charge in [-0.15, -0.1) is 0 Å². The molecule has 1 saturated heterocycles. The summed E-state index contributed by atoms with van der Waals surface area (Å²) in [6.07, 6.45) is -1.45. The van der Waals surface area contributed by atoms with Crippen molar-refractivity contribution in [2.24, 2.45) is 0 Å². The Morgan fingerprint density at radius 3 is 2.56 bits per heavy atom. The predicted octanol–water partition coefficient (Wildman–Crippen LogP) is 5.29. The molecule has 0 bridgehead atoms. The van der Waals surface area contributed by atoms with E-state index in [1.54, 1.807) is 19.2 Å². The molecular weight excluding hydrogens is 512 g/mol. The van der Waals surface area contributed by atoms with Crippen molar-refractivity contribution in [3.05, 3.63) is 75.5 Å². The van der Waals surface area contributed by atoms with Crippen LogP contribution in [0.15, 0.2) is 41.3 Å². The summed E-state index contributed by atoms with van der Waals surface area (Å²) in [5.74, 6) is -1.92. The molecule has 1 aliphatic heterocycles. The highest BCUT2D eigenvalue weighted by Crippen LogP contribution is 2.37. The van der Waals surface area contributed by atoms with Crippen molar-refractivity contribution in [3.63, 3.8) is 0 Å². The highest BCUT2D eigenvalue weighted by molar-refractivity contribution is 5.90. The van der Waals surface area contributed by atoms with Crippen LogP contribution in [0, 0.1) is 18.6 Å². The Morgan fingerprint density at radius 1 is 1.10 bits per heavy atom. The lowest BCUT2D eigenvalue weighted by Crippen LogP contribution is -2.50. The molecule has 0 unspecified atom stereocenters. The number of anilines is 1. The molecule has 0 aliphatic carbocycles. The third-order valence-corrected chi connectivity index (χ3v) is 7.02. The van der Waals surface area contributed by atoms with Crippen LogP contribution >= 0.6 is 0 Å². The van der Waals surface area contributed by atoms with Gasteiger partial charge in [0.05, 0.1) is 16.8 Å². The van der Waals surface area contributed by atoms with Gasteiger partial charge in [-0.25, -0.2) is 31.9 Å². The van der Waals surface area contributed by atoms with E-state index in [0.29, 0.717) is 36.6 Å². The predicted molar refractivity (Wildman–Crippen MR) is 142 cm³/mol. The fourth-order valence-electron chi connectivity index (χ4n) is 5.11. The molecule has 1 N–H and O–H groups in total. The molecule has 7 nitrogen and oxygen atoms in total. The lowest BCUT2D eigenvalue weighted by Gasteiger charge is -2.35. The molecule has 1 aromatic carbocycles. The monoisotopic (exact) mass is 540 g/mol. The highest BCUT2D eigenvalue weighted by Gasteiger charge is 2.29. The molecule has 0 spiro atoms. The Labute approximate surface area is 222 Å². The fraction of sp³-hybridized carbons (Fsp3) is 0.357. The summed E-state index contributed by atoms with van der Waals surface area (Å²) >= 11 is 0. The fourth-order valence-corrected chi connectivity index (χ4v) is 5.11. The number of alkyl halides is 2. The van der Waals surface area contributed by atoms with E-state index < -0.39 is 40.6 Å². The Bertz CT molecular complexity index is 1620. The SMILES string of the molecule is Cc1ccnc(C(C)C)c1-n1c(=O)nc(N2CCNC[C@@H]2C)c2cc(F)c(-c3c(F)cccc3C(F)F)nc21. The molecule has 1 fully saturated rings. The zero-order chi connectivity index (χ0) is 28.0. The average molecular weight is 541 g/mol. The van der Waals surface area contributed by atoms with Crippen molar-refractivity contribution >= 4 is 16.9 Å². The molecule has 1 atom stereocenters. The lowest BCUT2D eigenvalue weighted by atomic mass is 10.0. The maximum Gasteiger partial charge on any atom is 0.355 e. The molecule has 3 aromatic heterocycles. The zero-order valence-electron chi connectivity index (χ0n) is 22.0. The van der Waals surface area contributed by atoms with Crippen LogP contribution in [0.3, 0.4) is 0 Å². The Balaban J connectivity index is 1.93. The maximum atomic E-state index is 15.8. The van der Waals surface area contributed by atoms with E-state index in [9.17, 15) is 18.0 Å². The first-order valence-electron chi connectivity index (χ1n) is 12.7. The van der Waals surface area contributed by atoms with Gasteiger partial charge in [0.15, 0.2) is 11.5 Å². The van der Waals surface area contributed by atoms with Crippen LogP contribution in [-0.4, -0.2) is 45.2 Å². The Kier molecular flexibility index (Phi) is 7.11. The summed E-state index contributed by atoms with van der Waals surface area (Å²) < 4.78 is 59.8. The van der Waals surface area contributed by atoms with Gasteiger partial charge in [-0.3, -0.25) is 4.98 Å². The minimum Gasteiger partial charge on any atom is -0.351 e. The van der Waals surface area contributed by atoms with Crippen molar-refractivity contribution in [2.75, 3.05) is 24.5 Å². The number of hydrogen-bond acceptors (Lipinski definition) is 6. The molecule has 5 rings (SSSR count). The summed E-state index contributed by atoms with van der Waals surface area (Å²) in [6, 6.07) is 5.90. The zero-order valence-corrected chi connectivity index (χ0v) is 22.0. The van der Waals surface area contributed by atoms with Gasteiger partial charge >= 0.3 is 5.69 Å². The maximum absolute atomic E-state index is 15.8. The van der Waals surface area contributed by atoms with Crippen molar-refractivity contribution in [3.8, 4) is 16.9 Å². The molecule has 0 amide bonds. The smallest absolute Gasteiger partial charge is 0.351 e.